The van der Waals surface area contributed by atoms with Gasteiger partial charge < -0.3 is 15.6 Å². The molecular weight excluding hydrogens is 250 g/mol. The molecule has 106 valence electrons. The number of hydrogen-bond acceptors (Lipinski definition) is 2. The Bertz CT molecular complexity index is 628. The molecule has 2 aromatic rings. The highest BCUT2D eigenvalue weighted by Crippen LogP contribution is 2.30. The summed E-state index contributed by atoms with van der Waals surface area (Å²) in [4.78, 5) is 18.0. The summed E-state index contributed by atoms with van der Waals surface area (Å²) >= 11 is 0. The van der Waals surface area contributed by atoms with E-state index in [-0.39, 0.29) is 5.91 Å². The second-order valence-corrected chi connectivity index (χ2v) is 5.59. The van der Waals surface area contributed by atoms with Crippen molar-refractivity contribution in [2.24, 2.45) is 0 Å². The molecule has 1 saturated carbocycles. The zero-order chi connectivity index (χ0) is 14.1. The van der Waals surface area contributed by atoms with Crippen molar-refractivity contribution in [2.45, 2.75) is 38.6 Å². The van der Waals surface area contributed by atoms with Crippen molar-refractivity contribution in [3.05, 3.63) is 30.0 Å². The zero-order valence-electron chi connectivity index (χ0n) is 11.9. The van der Waals surface area contributed by atoms with Crippen LogP contribution in [0.4, 0.5) is 5.69 Å². The first-order valence-electron chi connectivity index (χ1n) is 7.38. The van der Waals surface area contributed by atoms with Crippen molar-refractivity contribution >= 4 is 22.5 Å². The predicted octanol–water partition coefficient (Wildman–Crippen LogP) is 3.15. The Morgan fingerprint density at radius 3 is 2.95 bits per heavy atom. The Morgan fingerprint density at radius 1 is 1.45 bits per heavy atom. The summed E-state index contributed by atoms with van der Waals surface area (Å²) in [6.45, 7) is 3.02. The van der Waals surface area contributed by atoms with Gasteiger partial charge in [0, 0.05) is 35.4 Å². The molecule has 1 aliphatic rings. The molecule has 0 saturated heterocycles. The first-order chi connectivity index (χ1) is 9.70. The molecular formula is C16H21N3O. The van der Waals surface area contributed by atoms with Gasteiger partial charge in [-0.25, -0.2) is 0 Å². The molecule has 0 spiro atoms. The average Bonchev–Trinajstić information content (AvgIpc) is 3.18. The number of carbonyl (C=O) groups excluding carboxylic acids is 1. The van der Waals surface area contributed by atoms with Gasteiger partial charge in [-0.15, -0.1) is 0 Å². The number of aromatic nitrogens is 1. The van der Waals surface area contributed by atoms with E-state index in [9.17, 15) is 4.79 Å². The van der Waals surface area contributed by atoms with Crippen LogP contribution in [-0.4, -0.2) is 28.4 Å². The Balaban J connectivity index is 1.90. The number of hydrogen-bond donors (Lipinski definition) is 2. The van der Waals surface area contributed by atoms with E-state index >= 15 is 0 Å². The molecule has 1 aromatic carbocycles. The van der Waals surface area contributed by atoms with Crippen LogP contribution in [0.15, 0.2) is 24.4 Å². The van der Waals surface area contributed by atoms with E-state index in [4.69, 9.17) is 5.73 Å². The number of fused-ring (bicyclic) bond motifs is 1. The number of amides is 1. The monoisotopic (exact) mass is 271 g/mol. The van der Waals surface area contributed by atoms with Crippen LogP contribution in [-0.2, 0) is 0 Å². The van der Waals surface area contributed by atoms with E-state index < -0.39 is 0 Å². The lowest BCUT2D eigenvalue weighted by Gasteiger charge is -2.22. The lowest BCUT2D eigenvalue weighted by Crippen LogP contribution is -2.33. The maximum atomic E-state index is 12.8. The number of nitrogen functional groups attached to an aromatic ring is 1. The fraction of sp³-hybridized carbons (Fsp3) is 0.438. The predicted molar refractivity (Wildman–Crippen MR) is 81.7 cm³/mol. The Hall–Kier alpha value is -1.97. The number of benzene rings is 1. The third-order valence-electron chi connectivity index (χ3n) is 3.94. The first-order valence-corrected chi connectivity index (χ1v) is 7.38. The van der Waals surface area contributed by atoms with Crippen LogP contribution >= 0.6 is 0 Å². The molecule has 0 radical (unpaired) electrons. The van der Waals surface area contributed by atoms with Crippen LogP contribution < -0.4 is 5.73 Å². The van der Waals surface area contributed by atoms with E-state index in [1.165, 1.54) is 0 Å². The summed E-state index contributed by atoms with van der Waals surface area (Å²) in [6, 6.07) is 6.10. The number of nitrogens with one attached hydrogen (secondary N) is 1. The van der Waals surface area contributed by atoms with Gasteiger partial charge in [-0.3, -0.25) is 4.79 Å². The van der Waals surface area contributed by atoms with Gasteiger partial charge in [0.05, 0.1) is 5.56 Å². The molecule has 1 fully saturated rings. The highest BCUT2D eigenvalue weighted by Gasteiger charge is 2.33. The van der Waals surface area contributed by atoms with Gasteiger partial charge in [-0.2, -0.15) is 0 Å². The highest BCUT2D eigenvalue weighted by atomic mass is 16.2. The number of nitrogens with two attached hydrogens (primary N) is 1. The van der Waals surface area contributed by atoms with Gasteiger partial charge in [0.1, 0.15) is 0 Å². The van der Waals surface area contributed by atoms with Crippen LogP contribution in [0, 0.1) is 0 Å². The highest BCUT2D eigenvalue weighted by molar-refractivity contribution is 6.07. The van der Waals surface area contributed by atoms with E-state index in [0.717, 1.165) is 48.7 Å². The molecule has 20 heavy (non-hydrogen) atoms. The smallest absolute Gasteiger partial charge is 0.256 e. The number of H-pyrrole nitrogens is 1. The third-order valence-corrected chi connectivity index (χ3v) is 3.94. The maximum absolute atomic E-state index is 12.8. The summed E-state index contributed by atoms with van der Waals surface area (Å²) in [6.07, 6.45) is 6.28. The van der Waals surface area contributed by atoms with Crippen molar-refractivity contribution in [3.8, 4) is 0 Å². The lowest BCUT2D eigenvalue weighted by atomic mass is 10.1. The molecule has 1 amide bonds. The first kappa shape index (κ1) is 13.0. The molecule has 4 heteroatoms. The lowest BCUT2D eigenvalue weighted by molar-refractivity contribution is 0.0743. The fourth-order valence-corrected chi connectivity index (χ4v) is 2.64. The van der Waals surface area contributed by atoms with Gasteiger partial charge >= 0.3 is 0 Å². The van der Waals surface area contributed by atoms with Crippen molar-refractivity contribution in [3.63, 3.8) is 0 Å². The van der Waals surface area contributed by atoms with Crippen molar-refractivity contribution < 1.29 is 4.79 Å². The molecule has 3 N–H and O–H groups in total. The quantitative estimate of drug-likeness (QED) is 0.821. The standard InChI is InChI=1S/C16H21N3O/c1-2-3-8-19(12-5-6-12)16(20)14-10-18-15-9-11(17)4-7-13(14)15/h4,7,9-10,12,18H,2-3,5-6,8,17H2,1H3. The number of anilines is 1. The zero-order valence-corrected chi connectivity index (χ0v) is 11.9. The molecule has 1 heterocycles. The molecule has 0 unspecified atom stereocenters. The van der Waals surface area contributed by atoms with E-state index in [1.54, 1.807) is 0 Å². The number of aromatic amines is 1. The van der Waals surface area contributed by atoms with E-state index in [0.29, 0.717) is 11.7 Å². The summed E-state index contributed by atoms with van der Waals surface area (Å²) in [5.74, 6) is 0.150. The van der Waals surface area contributed by atoms with E-state index in [1.807, 2.05) is 29.3 Å². The van der Waals surface area contributed by atoms with Gasteiger partial charge in [-0.1, -0.05) is 13.3 Å². The molecule has 0 aliphatic heterocycles. The SMILES string of the molecule is CCCCN(C(=O)c1c[nH]c2cc(N)ccc12)C1CC1. The average molecular weight is 271 g/mol. The summed E-state index contributed by atoms with van der Waals surface area (Å²) in [5.41, 5.74) is 8.19. The fourth-order valence-electron chi connectivity index (χ4n) is 2.64. The topological polar surface area (TPSA) is 62.1 Å². The summed E-state index contributed by atoms with van der Waals surface area (Å²) in [7, 11) is 0. The Kier molecular flexibility index (Phi) is 3.38. The number of unbranched alkanes of at least 4 members (excludes halogenated alkanes) is 1. The largest absolute Gasteiger partial charge is 0.399 e. The number of rotatable bonds is 5. The second-order valence-electron chi connectivity index (χ2n) is 5.59. The van der Waals surface area contributed by atoms with Gasteiger partial charge in [-0.05, 0) is 37.5 Å². The molecule has 3 rings (SSSR count). The molecule has 1 aliphatic carbocycles. The maximum Gasteiger partial charge on any atom is 0.256 e. The van der Waals surface area contributed by atoms with Crippen molar-refractivity contribution in [1.29, 1.82) is 0 Å². The van der Waals surface area contributed by atoms with Gasteiger partial charge in [0.15, 0.2) is 0 Å². The van der Waals surface area contributed by atoms with Crippen LogP contribution in [0.5, 0.6) is 0 Å². The number of carbonyl (C=O) groups is 1. The second kappa shape index (κ2) is 5.19. The Morgan fingerprint density at radius 2 is 2.25 bits per heavy atom. The summed E-state index contributed by atoms with van der Waals surface area (Å²) < 4.78 is 0. The normalized spacial score (nSPS) is 14.7. The summed E-state index contributed by atoms with van der Waals surface area (Å²) in [5, 5.41) is 0.964. The minimum atomic E-state index is 0.150. The molecule has 0 bridgehead atoms. The van der Waals surface area contributed by atoms with Crippen LogP contribution in [0.3, 0.4) is 0 Å². The van der Waals surface area contributed by atoms with Crippen LogP contribution in [0.25, 0.3) is 10.9 Å². The Labute approximate surface area is 118 Å². The van der Waals surface area contributed by atoms with Crippen molar-refractivity contribution in [1.82, 2.24) is 9.88 Å². The van der Waals surface area contributed by atoms with E-state index in [2.05, 4.69) is 11.9 Å². The minimum Gasteiger partial charge on any atom is -0.399 e. The molecule has 4 nitrogen and oxygen atoms in total. The molecule has 1 aromatic heterocycles. The van der Waals surface area contributed by atoms with Crippen molar-refractivity contribution in [2.75, 3.05) is 12.3 Å². The number of nitrogens with zero attached hydrogens (tertiary/aromatic N) is 1. The van der Waals surface area contributed by atoms with Crippen LogP contribution in [0.1, 0.15) is 43.0 Å². The third kappa shape index (κ3) is 2.38. The van der Waals surface area contributed by atoms with Gasteiger partial charge in [0.25, 0.3) is 5.91 Å². The van der Waals surface area contributed by atoms with Gasteiger partial charge in [0.2, 0.25) is 0 Å². The van der Waals surface area contributed by atoms with Crippen LogP contribution in [0.2, 0.25) is 0 Å². The minimum absolute atomic E-state index is 0.150. The molecule has 0 atom stereocenters.